The monoisotopic (exact) mass is 368 g/mol. The number of benzene rings is 2. The Morgan fingerprint density at radius 1 is 1.04 bits per heavy atom. The van der Waals surface area contributed by atoms with E-state index in [0.29, 0.717) is 6.54 Å². The Hall–Kier alpha value is -2.57. The summed E-state index contributed by atoms with van der Waals surface area (Å²) in [5.74, 6) is 0.839. The van der Waals surface area contributed by atoms with Gasteiger partial charge in [-0.1, -0.05) is 30.3 Å². The fourth-order valence-electron chi connectivity index (χ4n) is 3.30. The number of nitrogens with one attached hydrogen (secondary N) is 2. The number of amides is 2. The van der Waals surface area contributed by atoms with E-state index in [2.05, 4.69) is 39.6 Å². The third-order valence-corrected chi connectivity index (χ3v) is 4.97. The highest BCUT2D eigenvalue weighted by Crippen LogP contribution is 2.24. The van der Waals surface area contributed by atoms with E-state index in [0.717, 1.165) is 37.6 Å². The molecule has 1 aliphatic heterocycles. The zero-order valence-corrected chi connectivity index (χ0v) is 16.0. The molecule has 1 heterocycles. The Bertz CT molecular complexity index is 713. The quantitative estimate of drug-likeness (QED) is 0.823. The lowest BCUT2D eigenvalue weighted by atomic mass is 10.0. The molecule has 27 heavy (non-hydrogen) atoms. The first kappa shape index (κ1) is 19.2. The Morgan fingerprint density at radius 3 is 2.33 bits per heavy atom. The van der Waals surface area contributed by atoms with Gasteiger partial charge in [0.1, 0.15) is 5.75 Å². The summed E-state index contributed by atoms with van der Waals surface area (Å²) in [5, 5.41) is 5.91. The Kier molecular flexibility index (Phi) is 6.68. The molecule has 1 saturated heterocycles. The minimum Gasteiger partial charge on any atom is -0.497 e. The number of hydrogen-bond donors (Lipinski definition) is 2. The maximum absolute atomic E-state index is 12.3. The molecule has 0 aliphatic carbocycles. The van der Waals surface area contributed by atoms with E-state index < -0.39 is 0 Å². The lowest BCUT2D eigenvalue weighted by Crippen LogP contribution is -2.48. The van der Waals surface area contributed by atoms with Crippen molar-refractivity contribution in [3.05, 3.63) is 60.2 Å². The molecule has 3 rings (SSSR count). The van der Waals surface area contributed by atoms with Crippen molar-refractivity contribution in [1.29, 1.82) is 0 Å². The van der Waals surface area contributed by atoms with E-state index >= 15 is 0 Å². The summed E-state index contributed by atoms with van der Waals surface area (Å²) >= 11 is 0. The molecule has 144 valence electrons. The lowest BCUT2D eigenvalue weighted by molar-refractivity contribution is 0.111. The van der Waals surface area contributed by atoms with Crippen molar-refractivity contribution in [3.8, 4) is 5.75 Å². The summed E-state index contributed by atoms with van der Waals surface area (Å²) in [7, 11) is 3.81. The van der Waals surface area contributed by atoms with Crippen molar-refractivity contribution >= 4 is 11.7 Å². The fraction of sp³-hybridized carbons (Fsp3) is 0.381. The summed E-state index contributed by atoms with van der Waals surface area (Å²) in [6.45, 7) is 4.57. The number of likely N-dealkylation sites (N-methyl/N-ethyl adjacent to an activating group) is 1. The smallest absolute Gasteiger partial charge is 0.319 e. The minimum absolute atomic E-state index is 0.131. The summed E-state index contributed by atoms with van der Waals surface area (Å²) in [4.78, 5) is 17.1. The van der Waals surface area contributed by atoms with Crippen LogP contribution in [-0.2, 0) is 0 Å². The molecule has 0 spiro atoms. The molecule has 2 amide bonds. The van der Waals surface area contributed by atoms with Crippen LogP contribution in [0.15, 0.2) is 54.6 Å². The third kappa shape index (κ3) is 5.45. The Balaban J connectivity index is 1.66. The number of anilines is 1. The van der Waals surface area contributed by atoms with Gasteiger partial charge in [-0.3, -0.25) is 4.90 Å². The maximum atomic E-state index is 12.3. The maximum Gasteiger partial charge on any atom is 0.319 e. The van der Waals surface area contributed by atoms with Crippen LogP contribution in [0.5, 0.6) is 5.75 Å². The number of para-hydroxylation sites is 1. The zero-order chi connectivity index (χ0) is 19.1. The molecular formula is C21H28N4O2. The molecule has 2 aromatic carbocycles. The van der Waals surface area contributed by atoms with Crippen LogP contribution in [0, 0.1) is 0 Å². The molecule has 0 aromatic heterocycles. The molecular weight excluding hydrogens is 340 g/mol. The Labute approximate surface area is 161 Å². The van der Waals surface area contributed by atoms with Crippen molar-refractivity contribution in [2.75, 3.05) is 52.2 Å². The topological polar surface area (TPSA) is 56.8 Å². The second-order valence-corrected chi connectivity index (χ2v) is 6.83. The lowest BCUT2D eigenvalue weighted by Gasteiger charge is -2.38. The number of carbonyl (C=O) groups is 1. The molecule has 2 aromatic rings. The van der Waals surface area contributed by atoms with Crippen molar-refractivity contribution in [1.82, 2.24) is 15.1 Å². The molecule has 0 unspecified atom stereocenters. The van der Waals surface area contributed by atoms with Crippen molar-refractivity contribution in [2.45, 2.75) is 6.04 Å². The van der Waals surface area contributed by atoms with Gasteiger partial charge in [0.2, 0.25) is 0 Å². The first-order valence-corrected chi connectivity index (χ1v) is 9.32. The van der Waals surface area contributed by atoms with Crippen molar-refractivity contribution in [3.63, 3.8) is 0 Å². The largest absolute Gasteiger partial charge is 0.497 e. The highest BCUT2D eigenvalue weighted by Gasteiger charge is 2.24. The van der Waals surface area contributed by atoms with E-state index in [4.69, 9.17) is 4.74 Å². The minimum atomic E-state index is -0.186. The summed E-state index contributed by atoms with van der Waals surface area (Å²) in [6.07, 6.45) is 0. The molecule has 0 saturated carbocycles. The second-order valence-electron chi connectivity index (χ2n) is 6.83. The number of ether oxygens (including phenoxy) is 1. The van der Waals surface area contributed by atoms with Crippen LogP contribution in [0.1, 0.15) is 11.6 Å². The van der Waals surface area contributed by atoms with Crippen molar-refractivity contribution < 1.29 is 9.53 Å². The van der Waals surface area contributed by atoms with Gasteiger partial charge in [0.05, 0.1) is 13.2 Å². The number of methoxy groups -OCH3 is 1. The van der Waals surface area contributed by atoms with Crippen LogP contribution in [0.4, 0.5) is 10.5 Å². The Morgan fingerprint density at radius 2 is 1.70 bits per heavy atom. The van der Waals surface area contributed by atoms with Crippen molar-refractivity contribution in [2.24, 2.45) is 0 Å². The molecule has 1 atom stereocenters. The van der Waals surface area contributed by atoms with Crippen LogP contribution in [0.2, 0.25) is 0 Å². The fourth-order valence-corrected chi connectivity index (χ4v) is 3.30. The standard InChI is InChI=1S/C21H28N4O2/c1-24-12-14-25(15-13-24)20(17-8-10-19(27-2)11-9-17)16-22-21(26)23-18-6-4-3-5-7-18/h3-11,20H,12-16H2,1-2H3,(H2,22,23,26)/t20-/m1/s1. The summed E-state index contributed by atoms with van der Waals surface area (Å²) < 4.78 is 5.27. The number of nitrogens with zero attached hydrogens (tertiary/aromatic N) is 2. The van der Waals surface area contributed by atoms with Crippen LogP contribution in [0.25, 0.3) is 0 Å². The van der Waals surface area contributed by atoms with Crippen LogP contribution in [0.3, 0.4) is 0 Å². The van der Waals surface area contributed by atoms with Crippen LogP contribution < -0.4 is 15.4 Å². The SMILES string of the molecule is COc1ccc([C@@H](CNC(=O)Nc2ccccc2)N2CCN(C)CC2)cc1. The molecule has 6 nitrogen and oxygen atoms in total. The molecule has 1 fully saturated rings. The zero-order valence-electron chi connectivity index (χ0n) is 16.0. The van der Waals surface area contributed by atoms with Crippen LogP contribution >= 0.6 is 0 Å². The third-order valence-electron chi connectivity index (χ3n) is 4.97. The van der Waals surface area contributed by atoms with E-state index in [1.807, 2.05) is 42.5 Å². The summed E-state index contributed by atoms with van der Waals surface area (Å²) in [6, 6.07) is 17.5. The molecule has 0 bridgehead atoms. The van der Waals surface area contributed by atoms with Gasteiger partial charge >= 0.3 is 6.03 Å². The number of urea groups is 1. The van der Waals surface area contributed by atoms with Gasteiger partial charge in [-0.05, 0) is 36.9 Å². The second kappa shape index (κ2) is 9.39. The van der Waals surface area contributed by atoms with Gasteiger partial charge in [0, 0.05) is 38.4 Å². The van der Waals surface area contributed by atoms with Gasteiger partial charge in [0.15, 0.2) is 0 Å². The average molecular weight is 368 g/mol. The van der Waals surface area contributed by atoms with E-state index in [1.54, 1.807) is 7.11 Å². The van der Waals surface area contributed by atoms with Gasteiger partial charge in [0.25, 0.3) is 0 Å². The van der Waals surface area contributed by atoms with E-state index in [1.165, 1.54) is 5.56 Å². The van der Waals surface area contributed by atoms with Gasteiger partial charge in [-0.15, -0.1) is 0 Å². The molecule has 2 N–H and O–H groups in total. The van der Waals surface area contributed by atoms with E-state index in [-0.39, 0.29) is 12.1 Å². The highest BCUT2D eigenvalue weighted by molar-refractivity contribution is 5.89. The molecule has 0 radical (unpaired) electrons. The average Bonchev–Trinajstić information content (AvgIpc) is 2.70. The van der Waals surface area contributed by atoms with E-state index in [9.17, 15) is 4.79 Å². The predicted molar refractivity (Wildman–Crippen MR) is 108 cm³/mol. The van der Waals surface area contributed by atoms with Crippen LogP contribution in [-0.4, -0.2) is 62.7 Å². The van der Waals surface area contributed by atoms with Gasteiger partial charge < -0.3 is 20.3 Å². The number of rotatable bonds is 6. The number of hydrogen-bond acceptors (Lipinski definition) is 4. The first-order valence-electron chi connectivity index (χ1n) is 9.32. The molecule has 6 heteroatoms. The summed E-state index contributed by atoms with van der Waals surface area (Å²) in [5.41, 5.74) is 1.97. The number of piperazine rings is 1. The number of carbonyl (C=O) groups excluding carboxylic acids is 1. The normalized spacial score (nSPS) is 16.5. The molecule has 1 aliphatic rings. The van der Waals surface area contributed by atoms with Gasteiger partial charge in [-0.25, -0.2) is 4.79 Å². The predicted octanol–water partition coefficient (Wildman–Crippen LogP) is 2.81. The first-order chi connectivity index (χ1) is 13.2. The highest BCUT2D eigenvalue weighted by atomic mass is 16.5. The van der Waals surface area contributed by atoms with Gasteiger partial charge in [-0.2, -0.15) is 0 Å².